The van der Waals surface area contributed by atoms with Gasteiger partial charge in [0.2, 0.25) is 22.8 Å². The van der Waals surface area contributed by atoms with Crippen molar-refractivity contribution in [1.29, 1.82) is 0 Å². The maximum Gasteiger partial charge on any atom is 0.215 e. The third kappa shape index (κ3) is 21.9. The zero-order valence-corrected chi connectivity index (χ0v) is 59.3. The lowest BCUT2D eigenvalue weighted by Gasteiger charge is -2.16. The van der Waals surface area contributed by atoms with Crippen molar-refractivity contribution in [2.75, 3.05) is 0 Å². The number of hydrogen-bond acceptors (Lipinski definition) is 1. The molecule has 5 atom stereocenters. The first-order chi connectivity index (χ1) is 54.0. The van der Waals surface area contributed by atoms with Crippen LogP contribution in [0.1, 0.15) is 286 Å². The molecule has 5 heteroatoms. The third-order valence-corrected chi connectivity index (χ3v) is 16.8. The lowest BCUT2D eigenvalue weighted by molar-refractivity contribution is -0.661. The van der Waals surface area contributed by atoms with E-state index in [1.165, 1.54) is 60.2 Å². The molecule has 526 valence electrons. The first-order valence-corrected chi connectivity index (χ1v) is 32.0. The molecular weight excluding hydrogens is 1190 g/mol. The number of aromatic nitrogens is 5. The van der Waals surface area contributed by atoms with Crippen molar-refractivity contribution in [2.45, 2.75) is 229 Å². The van der Waals surface area contributed by atoms with E-state index < -0.39 is 82.4 Å². The molecule has 0 radical (unpaired) electrons. The highest BCUT2D eigenvalue weighted by atomic mass is 14.9. The topological polar surface area (TPSA) is 28.4 Å². The van der Waals surface area contributed by atoms with Gasteiger partial charge in [0.25, 0.3) is 0 Å². The van der Waals surface area contributed by atoms with Crippen molar-refractivity contribution in [3.8, 4) is 56.3 Å². The average molecular weight is 1350 g/mol. The van der Waals surface area contributed by atoms with Gasteiger partial charge in [-0.15, -0.1) is 0 Å². The summed E-state index contributed by atoms with van der Waals surface area (Å²) in [5.41, 5.74) is 19.2. The highest BCUT2D eigenvalue weighted by Gasteiger charge is 2.23. The van der Waals surface area contributed by atoms with E-state index in [9.17, 15) is 0 Å². The van der Waals surface area contributed by atoms with Gasteiger partial charge in [-0.05, 0) is 188 Å². The standard InChI is InChI=1S/C19H26N.2C18H24N.C17H22N.C17H21N.4CH4/c1-13(2)17-11-19(16-10-8-7-9-15(16)5)20(6)12-18(17)14(3)4;1-6-15-12-19(5)18(11-17(15)13(2)3)16-10-8-7-9-14(16)4;1-6-15-11-18(16-10-8-7-9-14(16)4)19(5)12-17(15)13(2)3;1-12(2)15-10-14(4)17(18(5)11-15)16-9-7-6-8-13(16)3;1-5-14-11-18-17(10-16(14)12(2)3)15-9-7-6-8-13(15)4;;;;/h7-14H,1-6H3;2*7-13H,6H2,1-5H3;6-12H,1-5H3;6-12H,5H2,1-4H3;4*1H4/q4*+1;;;;;/i3D3,13D,14D;2D3,13D;2D3,6D2,13D;1D3,12D;2D3,5D2,12D;;;;. The van der Waals surface area contributed by atoms with Crippen LogP contribution in [0.3, 0.4) is 0 Å². The highest BCUT2D eigenvalue weighted by molar-refractivity contribution is 5.67. The molecule has 0 amide bonds. The fourth-order valence-electron chi connectivity index (χ4n) is 11.5. The molecular formula is C93H133N5+4. The van der Waals surface area contributed by atoms with Gasteiger partial charge >= 0.3 is 0 Å². The van der Waals surface area contributed by atoms with E-state index in [1.807, 2.05) is 210 Å². The van der Waals surface area contributed by atoms with Crippen molar-refractivity contribution < 1.29 is 52.5 Å². The van der Waals surface area contributed by atoms with E-state index in [4.69, 9.17) is 34.3 Å². The molecule has 5 nitrogen and oxygen atoms in total. The summed E-state index contributed by atoms with van der Waals surface area (Å²) in [6.45, 7) is 14.7. The summed E-state index contributed by atoms with van der Waals surface area (Å²) in [7, 11) is 7.49. The Kier molecular flexibility index (Phi) is 21.6. The predicted molar refractivity (Wildman–Crippen MR) is 430 cm³/mol. The van der Waals surface area contributed by atoms with Crippen LogP contribution >= 0.6 is 0 Å². The normalized spacial score (nSPS) is 18.4. The Balaban J connectivity index is 0.000000517. The van der Waals surface area contributed by atoms with Crippen LogP contribution in [0.5, 0.6) is 0 Å². The van der Waals surface area contributed by atoms with Gasteiger partial charge in [-0.25, -0.2) is 18.3 Å². The van der Waals surface area contributed by atoms with Crippen LogP contribution in [0.4, 0.5) is 0 Å². The van der Waals surface area contributed by atoms with Crippen LogP contribution in [-0.4, -0.2) is 4.98 Å². The molecule has 0 bridgehead atoms. The molecule has 0 saturated heterocycles. The fraction of sp³-hybridized carbons (Fsp3) is 0.409. The predicted octanol–water partition coefficient (Wildman–Crippen LogP) is 24.3. The molecule has 0 N–H and O–H groups in total. The van der Waals surface area contributed by atoms with Crippen LogP contribution in [0.25, 0.3) is 56.3 Å². The zero-order valence-electron chi connectivity index (χ0n) is 84.3. The first-order valence-electron chi connectivity index (χ1n) is 44.5. The molecule has 5 heterocycles. The summed E-state index contributed by atoms with van der Waals surface area (Å²) >= 11 is 0. The summed E-state index contributed by atoms with van der Waals surface area (Å²) in [6, 6.07) is 48.2. The van der Waals surface area contributed by atoms with Crippen molar-refractivity contribution in [3.05, 3.63) is 266 Å². The molecule has 10 aromatic rings. The molecule has 0 spiro atoms. The molecule has 0 fully saturated rings. The summed E-state index contributed by atoms with van der Waals surface area (Å²) < 4.78 is 206. The molecule has 5 aromatic heterocycles. The molecule has 0 saturated carbocycles. The van der Waals surface area contributed by atoms with Gasteiger partial charge in [0, 0.05) is 114 Å². The maximum atomic E-state index is 8.51. The van der Waals surface area contributed by atoms with E-state index in [2.05, 4.69) is 24.0 Å². The Bertz CT molecular complexity index is 5080. The van der Waals surface area contributed by atoms with Gasteiger partial charge in [-0.2, -0.15) is 0 Å². The van der Waals surface area contributed by atoms with Crippen LogP contribution < -0.4 is 18.3 Å². The van der Waals surface area contributed by atoms with Crippen LogP contribution in [-0.2, 0) is 47.4 Å². The van der Waals surface area contributed by atoms with Gasteiger partial charge in [-0.3, -0.25) is 4.98 Å². The molecule has 0 aliphatic heterocycles. The first kappa shape index (κ1) is 52.8. The second-order valence-electron chi connectivity index (χ2n) is 24.4. The van der Waals surface area contributed by atoms with Crippen LogP contribution in [0.15, 0.2) is 183 Å². The second-order valence-corrected chi connectivity index (χ2v) is 24.4. The second kappa shape index (κ2) is 40.0. The van der Waals surface area contributed by atoms with E-state index >= 15 is 0 Å². The molecule has 0 aliphatic carbocycles. The van der Waals surface area contributed by atoms with E-state index in [1.54, 1.807) is 56.2 Å². The van der Waals surface area contributed by atoms with Crippen molar-refractivity contribution in [3.63, 3.8) is 0 Å². The Morgan fingerprint density at radius 1 is 0.357 bits per heavy atom. The lowest BCUT2D eigenvalue weighted by atomic mass is 9.90. The maximum absolute atomic E-state index is 8.51. The third-order valence-electron chi connectivity index (χ3n) is 16.8. The van der Waals surface area contributed by atoms with Gasteiger partial charge in [-0.1, -0.05) is 230 Å². The summed E-state index contributed by atoms with van der Waals surface area (Å²) in [5.74, 6) is -9.92. The van der Waals surface area contributed by atoms with E-state index in [0.717, 1.165) is 84.0 Å². The summed E-state index contributed by atoms with van der Waals surface area (Å²) in [5, 5.41) is 0. The minimum absolute atomic E-state index is 0. The summed E-state index contributed by atoms with van der Waals surface area (Å²) in [4.78, 5) is 4.33. The van der Waals surface area contributed by atoms with Crippen LogP contribution in [0.2, 0.25) is 0 Å². The van der Waals surface area contributed by atoms with Gasteiger partial charge in [0.05, 0.1) is 5.69 Å². The van der Waals surface area contributed by atoms with Crippen molar-refractivity contribution >= 4 is 0 Å². The fourth-order valence-corrected chi connectivity index (χ4v) is 11.5. The minimum Gasteiger partial charge on any atom is -0.256 e. The number of nitrogens with zero attached hydrogens (tertiary/aromatic N) is 5. The summed E-state index contributed by atoms with van der Waals surface area (Å²) in [6.07, 6.45) is 5.49. The molecule has 98 heavy (non-hydrogen) atoms. The van der Waals surface area contributed by atoms with Crippen molar-refractivity contribution in [1.82, 2.24) is 4.98 Å². The van der Waals surface area contributed by atoms with Crippen molar-refractivity contribution in [2.24, 2.45) is 28.2 Å². The lowest BCUT2D eigenvalue weighted by Crippen LogP contribution is -2.32. The van der Waals surface area contributed by atoms with Gasteiger partial charge in [0.1, 0.15) is 28.2 Å². The highest BCUT2D eigenvalue weighted by Crippen LogP contribution is 2.33. The zero-order chi connectivity index (χ0) is 90.9. The number of benzene rings is 5. The Morgan fingerprint density at radius 3 is 1.13 bits per heavy atom. The minimum atomic E-state index is -2.59. The molecule has 0 aliphatic rings. The SMILES string of the molecule is C.C.C.C.[2H]C(C)(C)c1cc(-c2ccccc2C)[n+](C)cc1C([2H])(C)C([2H])([2H])[2H].[2H]C([2H])(C)c1cc(-c2ccccc2C)[n+](C)cc1C([2H])(C)C([2H])([2H])[2H].[2H]C([2H])(C)c1cnc(-c2ccccc2C)cc1C([2H])(C)C([2H])([2H])[2H].[2H]C([2H])([2H])C([2H])(C)c1cc(-c2ccccc2C)[n+](C)cc1CC.[2H]C([2H])([2H])C([2H])(C)c1cc(C)c(-c2ccccc2C)[n+](C)c1. The number of pyridine rings is 5. The van der Waals surface area contributed by atoms with E-state index in [0.29, 0.717) is 34.4 Å². The number of aryl methyl sites for hydroxylation is 13. The smallest absolute Gasteiger partial charge is 0.215 e. The Hall–Kier alpha value is -8.15. The van der Waals surface area contributed by atoms with Gasteiger partial charge in [0.15, 0.2) is 24.8 Å². The Labute approximate surface area is 635 Å². The average Bonchev–Trinajstić information content (AvgIpc) is 0.832. The largest absolute Gasteiger partial charge is 0.256 e. The molecule has 5 unspecified atom stereocenters. The quantitative estimate of drug-likeness (QED) is 0.0998. The van der Waals surface area contributed by atoms with Crippen LogP contribution in [0, 0.1) is 41.5 Å². The molecule has 10 rings (SSSR count). The van der Waals surface area contributed by atoms with Gasteiger partial charge < -0.3 is 0 Å². The monoisotopic (exact) mass is 1350 g/mol. The molecule has 5 aromatic carbocycles. The number of hydrogen-bond donors (Lipinski definition) is 0. The van der Waals surface area contributed by atoms with E-state index in [-0.39, 0.29) is 52.0 Å². The number of rotatable bonds is 14. The Morgan fingerprint density at radius 2 is 0.724 bits per heavy atom.